The highest BCUT2D eigenvalue weighted by Gasteiger charge is 2.50. The first-order chi connectivity index (χ1) is 8.09. The molecule has 6 heteroatoms. The Labute approximate surface area is 105 Å². The second-order valence-corrected chi connectivity index (χ2v) is 6.30. The summed E-state index contributed by atoms with van der Waals surface area (Å²) in [7, 11) is 0. The number of alkyl halides is 3. The van der Waals surface area contributed by atoms with Crippen molar-refractivity contribution in [2.45, 2.75) is 32.5 Å². The number of rotatable bonds is 0. The third-order valence-corrected chi connectivity index (χ3v) is 3.96. The first-order valence-electron chi connectivity index (χ1n) is 6.20. The largest absolute Gasteiger partial charge is 0.471 e. The van der Waals surface area contributed by atoms with Gasteiger partial charge in [-0.25, -0.2) is 0 Å². The quantitative estimate of drug-likeness (QED) is 0.665. The lowest BCUT2D eigenvalue weighted by Gasteiger charge is -2.33. The predicted molar refractivity (Wildman–Crippen MR) is 60.9 cm³/mol. The van der Waals surface area contributed by atoms with Crippen molar-refractivity contribution in [2.75, 3.05) is 26.2 Å². The number of fused-ring (bicyclic) bond motifs is 1. The lowest BCUT2D eigenvalue weighted by atomic mass is 10.0. The zero-order chi connectivity index (χ0) is 13.7. The molecule has 3 nitrogen and oxygen atoms in total. The molecule has 2 aliphatic heterocycles. The molecule has 1 amide bonds. The van der Waals surface area contributed by atoms with Crippen molar-refractivity contribution in [3.8, 4) is 0 Å². The lowest BCUT2D eigenvalue weighted by Crippen LogP contribution is -2.44. The van der Waals surface area contributed by atoms with E-state index in [2.05, 4.69) is 25.7 Å². The zero-order valence-corrected chi connectivity index (χ0v) is 10.9. The molecule has 0 radical (unpaired) electrons. The molecule has 0 spiro atoms. The van der Waals surface area contributed by atoms with Crippen LogP contribution in [0.3, 0.4) is 0 Å². The summed E-state index contributed by atoms with van der Waals surface area (Å²) in [6, 6.07) is 0. The Kier molecular flexibility index (Phi) is 3.12. The highest BCUT2D eigenvalue weighted by atomic mass is 19.4. The maximum atomic E-state index is 12.3. The monoisotopic (exact) mass is 264 g/mol. The van der Waals surface area contributed by atoms with Crippen molar-refractivity contribution in [3.63, 3.8) is 0 Å². The van der Waals surface area contributed by atoms with Gasteiger partial charge in [0.15, 0.2) is 0 Å². The highest BCUT2D eigenvalue weighted by Crippen LogP contribution is 2.36. The van der Waals surface area contributed by atoms with Gasteiger partial charge in [0.05, 0.1) is 0 Å². The normalized spacial score (nSPS) is 29.8. The summed E-state index contributed by atoms with van der Waals surface area (Å²) in [6.45, 7) is 8.38. The summed E-state index contributed by atoms with van der Waals surface area (Å²) in [5, 5.41) is 0. The molecule has 2 unspecified atom stereocenters. The SMILES string of the molecule is CC(C)(C)N1CC2CN(C(=O)C(F)(F)F)CC2C1. The van der Waals surface area contributed by atoms with E-state index in [-0.39, 0.29) is 30.5 Å². The van der Waals surface area contributed by atoms with Crippen LogP contribution in [0.4, 0.5) is 13.2 Å². The molecule has 2 atom stereocenters. The summed E-state index contributed by atoms with van der Waals surface area (Å²) in [5.41, 5.74) is 0.0448. The molecule has 0 N–H and O–H groups in total. The Bertz CT molecular complexity index is 334. The molecule has 18 heavy (non-hydrogen) atoms. The summed E-state index contributed by atoms with van der Waals surface area (Å²) in [4.78, 5) is 14.4. The van der Waals surface area contributed by atoms with Gasteiger partial charge in [0, 0.05) is 31.7 Å². The average molecular weight is 264 g/mol. The van der Waals surface area contributed by atoms with Gasteiger partial charge in [-0.3, -0.25) is 9.69 Å². The minimum Gasteiger partial charge on any atom is -0.334 e. The Morgan fingerprint density at radius 3 is 1.78 bits per heavy atom. The molecule has 0 aromatic heterocycles. The van der Waals surface area contributed by atoms with Gasteiger partial charge in [0.2, 0.25) is 0 Å². The van der Waals surface area contributed by atoms with Crippen LogP contribution in [0.2, 0.25) is 0 Å². The van der Waals surface area contributed by atoms with Crippen LogP contribution in [0.15, 0.2) is 0 Å². The summed E-state index contributed by atoms with van der Waals surface area (Å²) in [5.74, 6) is -1.30. The van der Waals surface area contributed by atoms with Crippen LogP contribution >= 0.6 is 0 Å². The van der Waals surface area contributed by atoms with Crippen LogP contribution in [-0.4, -0.2) is 53.6 Å². The van der Waals surface area contributed by atoms with Gasteiger partial charge >= 0.3 is 12.1 Å². The van der Waals surface area contributed by atoms with E-state index in [0.29, 0.717) is 0 Å². The number of nitrogens with zero attached hydrogens (tertiary/aromatic N) is 2. The first-order valence-corrected chi connectivity index (χ1v) is 6.20. The minimum absolute atomic E-state index is 0.0448. The van der Waals surface area contributed by atoms with Crippen LogP contribution < -0.4 is 0 Å². The number of hydrogen-bond donors (Lipinski definition) is 0. The number of likely N-dealkylation sites (tertiary alicyclic amines) is 2. The van der Waals surface area contributed by atoms with E-state index in [4.69, 9.17) is 0 Å². The fourth-order valence-electron chi connectivity index (χ4n) is 2.89. The van der Waals surface area contributed by atoms with Gasteiger partial charge in [0.1, 0.15) is 0 Å². The van der Waals surface area contributed by atoms with Crippen molar-refractivity contribution in [2.24, 2.45) is 11.8 Å². The molecular weight excluding hydrogens is 245 g/mol. The number of carbonyl (C=O) groups excluding carboxylic acids is 1. The fourth-order valence-corrected chi connectivity index (χ4v) is 2.89. The molecule has 2 fully saturated rings. The van der Waals surface area contributed by atoms with Crippen LogP contribution in [0.25, 0.3) is 0 Å². The molecule has 2 saturated heterocycles. The van der Waals surface area contributed by atoms with Crippen molar-refractivity contribution in [1.29, 1.82) is 0 Å². The van der Waals surface area contributed by atoms with Gasteiger partial charge in [0.25, 0.3) is 0 Å². The van der Waals surface area contributed by atoms with Crippen LogP contribution in [0, 0.1) is 11.8 Å². The Morgan fingerprint density at radius 2 is 1.44 bits per heavy atom. The van der Waals surface area contributed by atoms with Gasteiger partial charge < -0.3 is 4.90 Å². The van der Waals surface area contributed by atoms with E-state index in [1.165, 1.54) is 0 Å². The predicted octanol–water partition coefficient (Wildman–Crippen LogP) is 1.74. The second kappa shape index (κ2) is 4.11. The van der Waals surface area contributed by atoms with E-state index in [1.54, 1.807) is 0 Å². The zero-order valence-electron chi connectivity index (χ0n) is 10.9. The van der Waals surface area contributed by atoms with E-state index in [9.17, 15) is 18.0 Å². The molecule has 0 aromatic carbocycles. The lowest BCUT2D eigenvalue weighted by molar-refractivity contribution is -0.184. The number of halogens is 3. The first kappa shape index (κ1) is 13.6. The van der Waals surface area contributed by atoms with E-state index < -0.39 is 12.1 Å². The molecule has 2 heterocycles. The van der Waals surface area contributed by atoms with Gasteiger partial charge in [-0.05, 0) is 32.6 Å². The van der Waals surface area contributed by atoms with Crippen molar-refractivity contribution in [1.82, 2.24) is 9.80 Å². The third kappa shape index (κ3) is 2.48. The van der Waals surface area contributed by atoms with Gasteiger partial charge in [-0.15, -0.1) is 0 Å². The van der Waals surface area contributed by atoms with Crippen molar-refractivity contribution >= 4 is 5.91 Å². The summed E-state index contributed by atoms with van der Waals surface area (Å²) >= 11 is 0. The smallest absolute Gasteiger partial charge is 0.334 e. The average Bonchev–Trinajstić information content (AvgIpc) is 2.69. The van der Waals surface area contributed by atoms with E-state index in [1.807, 2.05) is 0 Å². The molecule has 0 saturated carbocycles. The van der Waals surface area contributed by atoms with Gasteiger partial charge in [-0.2, -0.15) is 13.2 Å². The second-order valence-electron chi connectivity index (χ2n) is 6.30. The van der Waals surface area contributed by atoms with E-state index in [0.717, 1.165) is 18.0 Å². The maximum absolute atomic E-state index is 12.3. The Morgan fingerprint density at radius 1 is 1.00 bits per heavy atom. The molecule has 104 valence electrons. The molecular formula is C12H19F3N2O. The number of carbonyl (C=O) groups is 1. The van der Waals surface area contributed by atoms with Crippen molar-refractivity contribution < 1.29 is 18.0 Å². The number of amides is 1. The third-order valence-electron chi connectivity index (χ3n) is 3.96. The van der Waals surface area contributed by atoms with Crippen LogP contribution in [-0.2, 0) is 4.79 Å². The van der Waals surface area contributed by atoms with Crippen LogP contribution in [0.5, 0.6) is 0 Å². The standard InChI is InChI=1S/C12H19F3N2O/c1-11(2,3)17-6-8-4-16(5-9(8)7-17)10(18)12(13,14)15/h8-9H,4-7H2,1-3H3. The molecule has 2 aliphatic rings. The maximum Gasteiger partial charge on any atom is 0.471 e. The molecule has 2 rings (SSSR count). The Balaban J connectivity index is 1.97. The topological polar surface area (TPSA) is 23.6 Å². The summed E-state index contributed by atoms with van der Waals surface area (Å²) < 4.78 is 37.0. The van der Waals surface area contributed by atoms with Crippen molar-refractivity contribution in [3.05, 3.63) is 0 Å². The molecule has 0 bridgehead atoms. The fraction of sp³-hybridized carbons (Fsp3) is 0.917. The number of hydrogen-bond acceptors (Lipinski definition) is 2. The van der Waals surface area contributed by atoms with Gasteiger partial charge in [-0.1, -0.05) is 0 Å². The van der Waals surface area contributed by atoms with E-state index >= 15 is 0 Å². The molecule has 0 aromatic rings. The Hall–Kier alpha value is -0.780. The highest BCUT2D eigenvalue weighted by molar-refractivity contribution is 5.82. The summed E-state index contributed by atoms with van der Waals surface area (Å²) in [6.07, 6.45) is -4.73. The van der Waals surface area contributed by atoms with Crippen LogP contribution in [0.1, 0.15) is 20.8 Å². The minimum atomic E-state index is -4.73. The molecule has 0 aliphatic carbocycles.